The molecule has 0 aromatic heterocycles. The summed E-state index contributed by atoms with van der Waals surface area (Å²) in [5.41, 5.74) is 0.770. The number of unbranched alkanes of at least 4 members (excludes halogenated alkanes) is 1. The van der Waals surface area contributed by atoms with Crippen LogP contribution in [0, 0.1) is 0 Å². The van der Waals surface area contributed by atoms with Crippen molar-refractivity contribution in [2.24, 2.45) is 0 Å². The number of anilines is 1. The predicted molar refractivity (Wildman–Crippen MR) is 70.8 cm³/mol. The van der Waals surface area contributed by atoms with Gasteiger partial charge >= 0.3 is 0 Å². The summed E-state index contributed by atoms with van der Waals surface area (Å²) < 4.78 is 5.36. The summed E-state index contributed by atoms with van der Waals surface area (Å²) in [4.78, 5) is 11.6. The van der Waals surface area contributed by atoms with Gasteiger partial charge in [0.1, 0.15) is 5.75 Å². The Morgan fingerprint density at radius 3 is 2.94 bits per heavy atom. The van der Waals surface area contributed by atoms with Gasteiger partial charge in [0.05, 0.1) is 6.61 Å². The molecular formula is C13H18ClNO2. The Labute approximate surface area is 107 Å². The molecule has 94 valence electrons. The first-order valence-electron chi connectivity index (χ1n) is 5.85. The molecular weight excluding hydrogens is 238 g/mol. The fourth-order valence-corrected chi connectivity index (χ4v) is 1.62. The quantitative estimate of drug-likeness (QED) is 0.599. The first kappa shape index (κ1) is 13.8. The molecule has 0 aliphatic carbocycles. The monoisotopic (exact) mass is 255 g/mol. The van der Waals surface area contributed by atoms with Gasteiger partial charge in [0, 0.05) is 24.1 Å². The lowest BCUT2D eigenvalue weighted by atomic mass is 10.2. The molecule has 17 heavy (non-hydrogen) atoms. The maximum Gasteiger partial charge on any atom is 0.224 e. The molecule has 1 aromatic rings. The number of carbonyl (C=O) groups is 1. The average Bonchev–Trinajstić information content (AvgIpc) is 2.30. The molecule has 0 bridgehead atoms. The van der Waals surface area contributed by atoms with Crippen molar-refractivity contribution < 1.29 is 9.53 Å². The largest absolute Gasteiger partial charge is 0.494 e. The second-order valence-electron chi connectivity index (χ2n) is 3.66. The van der Waals surface area contributed by atoms with Gasteiger partial charge in [-0.3, -0.25) is 4.79 Å². The van der Waals surface area contributed by atoms with Gasteiger partial charge in [-0.1, -0.05) is 6.07 Å². The molecule has 0 fully saturated rings. The van der Waals surface area contributed by atoms with Crippen LogP contribution < -0.4 is 10.1 Å². The molecule has 0 saturated heterocycles. The third-order valence-electron chi connectivity index (χ3n) is 2.22. The number of amides is 1. The molecule has 0 aliphatic heterocycles. The number of nitrogens with one attached hydrogen (secondary N) is 1. The smallest absolute Gasteiger partial charge is 0.224 e. The van der Waals surface area contributed by atoms with E-state index >= 15 is 0 Å². The summed E-state index contributed by atoms with van der Waals surface area (Å²) in [6, 6.07) is 7.40. The van der Waals surface area contributed by atoms with Crippen molar-refractivity contribution in [3.05, 3.63) is 24.3 Å². The lowest BCUT2D eigenvalue weighted by molar-refractivity contribution is -0.116. The van der Waals surface area contributed by atoms with Crippen molar-refractivity contribution in [2.45, 2.75) is 26.2 Å². The molecule has 1 aromatic carbocycles. The van der Waals surface area contributed by atoms with Crippen LogP contribution in [-0.4, -0.2) is 18.4 Å². The van der Waals surface area contributed by atoms with Crippen LogP contribution in [0.1, 0.15) is 26.2 Å². The number of hydrogen-bond acceptors (Lipinski definition) is 2. The molecule has 0 unspecified atom stereocenters. The molecule has 0 spiro atoms. The number of halogens is 1. The van der Waals surface area contributed by atoms with E-state index in [9.17, 15) is 4.79 Å². The van der Waals surface area contributed by atoms with Crippen LogP contribution in [0.3, 0.4) is 0 Å². The standard InChI is InChI=1S/C13H18ClNO2/c1-2-17-12-7-5-6-11(10-12)15-13(16)8-3-4-9-14/h5-7,10H,2-4,8-9H2,1H3,(H,15,16). The Balaban J connectivity index is 2.44. The molecule has 0 atom stereocenters. The zero-order valence-electron chi connectivity index (χ0n) is 10.0. The summed E-state index contributed by atoms with van der Waals surface area (Å²) in [5.74, 6) is 1.39. The summed E-state index contributed by atoms with van der Waals surface area (Å²) in [7, 11) is 0. The van der Waals surface area contributed by atoms with Crippen LogP contribution in [-0.2, 0) is 4.79 Å². The average molecular weight is 256 g/mol. The van der Waals surface area contributed by atoms with E-state index in [1.54, 1.807) is 0 Å². The van der Waals surface area contributed by atoms with Gasteiger partial charge in [0.25, 0.3) is 0 Å². The summed E-state index contributed by atoms with van der Waals surface area (Å²) in [6.07, 6.45) is 2.19. The maximum absolute atomic E-state index is 11.6. The second-order valence-corrected chi connectivity index (χ2v) is 4.03. The van der Waals surface area contributed by atoms with Gasteiger partial charge in [-0.05, 0) is 31.9 Å². The van der Waals surface area contributed by atoms with Crippen molar-refractivity contribution in [3.63, 3.8) is 0 Å². The van der Waals surface area contributed by atoms with E-state index in [2.05, 4.69) is 5.32 Å². The normalized spacial score (nSPS) is 10.0. The van der Waals surface area contributed by atoms with E-state index in [-0.39, 0.29) is 5.91 Å². The molecule has 0 saturated carbocycles. The van der Waals surface area contributed by atoms with Crippen molar-refractivity contribution >= 4 is 23.2 Å². The number of hydrogen-bond donors (Lipinski definition) is 1. The lowest BCUT2D eigenvalue weighted by Gasteiger charge is -2.07. The van der Waals surface area contributed by atoms with Crippen LogP contribution in [0.5, 0.6) is 5.75 Å². The van der Waals surface area contributed by atoms with E-state index in [4.69, 9.17) is 16.3 Å². The van der Waals surface area contributed by atoms with Crippen molar-refractivity contribution in [1.82, 2.24) is 0 Å². The van der Waals surface area contributed by atoms with Gasteiger partial charge in [-0.25, -0.2) is 0 Å². The van der Waals surface area contributed by atoms with Gasteiger partial charge in [-0.15, -0.1) is 11.6 Å². The molecule has 1 amide bonds. The first-order chi connectivity index (χ1) is 8.26. The SMILES string of the molecule is CCOc1cccc(NC(=O)CCCCCl)c1. The van der Waals surface area contributed by atoms with Crippen molar-refractivity contribution in [1.29, 1.82) is 0 Å². The summed E-state index contributed by atoms with van der Waals surface area (Å²) in [6.45, 7) is 2.55. The predicted octanol–water partition coefficient (Wildman–Crippen LogP) is 3.43. The zero-order chi connectivity index (χ0) is 12.5. The third-order valence-corrected chi connectivity index (χ3v) is 2.48. The minimum atomic E-state index is 0.0174. The zero-order valence-corrected chi connectivity index (χ0v) is 10.8. The van der Waals surface area contributed by atoms with E-state index in [1.807, 2.05) is 31.2 Å². The van der Waals surface area contributed by atoms with Crippen LogP contribution >= 0.6 is 11.6 Å². The molecule has 0 radical (unpaired) electrons. The Hall–Kier alpha value is -1.22. The number of benzene rings is 1. The molecule has 0 aliphatic rings. The number of rotatable bonds is 7. The molecule has 4 heteroatoms. The second kappa shape index (κ2) is 7.96. The van der Waals surface area contributed by atoms with Gasteiger partial charge in [-0.2, -0.15) is 0 Å². The highest BCUT2D eigenvalue weighted by atomic mass is 35.5. The van der Waals surface area contributed by atoms with Crippen molar-refractivity contribution in [2.75, 3.05) is 17.8 Å². The Morgan fingerprint density at radius 1 is 1.41 bits per heavy atom. The lowest BCUT2D eigenvalue weighted by Crippen LogP contribution is -2.11. The highest BCUT2D eigenvalue weighted by Gasteiger charge is 2.02. The molecule has 3 nitrogen and oxygen atoms in total. The van der Waals surface area contributed by atoms with Gasteiger partial charge in [0.2, 0.25) is 5.91 Å². The number of carbonyl (C=O) groups excluding carboxylic acids is 1. The summed E-state index contributed by atoms with van der Waals surface area (Å²) in [5, 5.41) is 2.84. The molecule has 0 heterocycles. The van der Waals surface area contributed by atoms with Crippen molar-refractivity contribution in [3.8, 4) is 5.75 Å². The Kier molecular flexibility index (Phi) is 6.48. The van der Waals surface area contributed by atoms with Crippen LogP contribution in [0.4, 0.5) is 5.69 Å². The topological polar surface area (TPSA) is 38.3 Å². The fraction of sp³-hybridized carbons (Fsp3) is 0.462. The van der Waals surface area contributed by atoms with Gasteiger partial charge < -0.3 is 10.1 Å². The summed E-state index contributed by atoms with van der Waals surface area (Å²) >= 11 is 5.55. The third kappa shape index (κ3) is 5.59. The highest BCUT2D eigenvalue weighted by molar-refractivity contribution is 6.17. The van der Waals surface area contributed by atoms with Crippen LogP contribution in [0.2, 0.25) is 0 Å². The van der Waals surface area contributed by atoms with E-state index < -0.39 is 0 Å². The first-order valence-corrected chi connectivity index (χ1v) is 6.38. The van der Waals surface area contributed by atoms with E-state index in [0.717, 1.165) is 24.3 Å². The molecule has 1 N–H and O–H groups in total. The fourth-order valence-electron chi connectivity index (χ4n) is 1.43. The molecule has 1 rings (SSSR count). The number of alkyl halides is 1. The van der Waals surface area contributed by atoms with Crippen LogP contribution in [0.25, 0.3) is 0 Å². The highest BCUT2D eigenvalue weighted by Crippen LogP contribution is 2.17. The maximum atomic E-state index is 11.6. The minimum Gasteiger partial charge on any atom is -0.494 e. The minimum absolute atomic E-state index is 0.0174. The van der Waals surface area contributed by atoms with Crippen LogP contribution in [0.15, 0.2) is 24.3 Å². The Morgan fingerprint density at radius 2 is 2.24 bits per heavy atom. The van der Waals surface area contributed by atoms with E-state index in [1.165, 1.54) is 0 Å². The van der Waals surface area contributed by atoms with Gasteiger partial charge in [0.15, 0.2) is 0 Å². The Bertz CT molecular complexity index is 355. The number of ether oxygens (including phenoxy) is 1. The van der Waals surface area contributed by atoms with E-state index in [0.29, 0.717) is 18.9 Å².